The van der Waals surface area contributed by atoms with Gasteiger partial charge >= 0.3 is 5.00 Å². The third-order valence-corrected chi connectivity index (χ3v) is 4.43. The third kappa shape index (κ3) is 1.66. The molecule has 2 atom stereocenters. The van der Waals surface area contributed by atoms with Crippen LogP contribution in [0.3, 0.4) is 0 Å². The van der Waals surface area contributed by atoms with E-state index in [1.807, 2.05) is 6.92 Å². The van der Waals surface area contributed by atoms with Crippen LogP contribution in [-0.4, -0.2) is 20.1 Å². The molecule has 3 rings (SSSR count). The quantitative estimate of drug-likeness (QED) is 0.613. The molecule has 0 spiro atoms. The van der Waals surface area contributed by atoms with Gasteiger partial charge < -0.3 is 10.2 Å². The number of nitrogens with zero attached hydrogens (tertiary/aromatic N) is 2. The highest BCUT2D eigenvalue weighted by molar-refractivity contribution is 7.15. The number of fused-ring (bicyclic) bond motifs is 2. The number of aliphatic hydroxyl groups excluding tert-OH is 2. The average molecular weight is 278 g/mol. The fourth-order valence-corrected chi connectivity index (χ4v) is 3.37. The Bertz CT molecular complexity index is 682. The summed E-state index contributed by atoms with van der Waals surface area (Å²) in [5, 5.41) is 31.3. The maximum Gasteiger partial charge on any atom is 0.324 e. The predicted molar refractivity (Wildman–Crippen MR) is 68.1 cm³/mol. The van der Waals surface area contributed by atoms with Crippen LogP contribution in [0.1, 0.15) is 39.5 Å². The zero-order valence-electron chi connectivity index (χ0n) is 9.90. The molecule has 2 aromatic rings. The zero-order chi connectivity index (χ0) is 13.7. The van der Waals surface area contributed by atoms with E-state index in [9.17, 15) is 20.3 Å². The number of aliphatic hydroxyl groups is 2. The molecular weight excluding hydrogens is 268 g/mol. The highest BCUT2D eigenvalue weighted by Gasteiger charge is 2.36. The molecule has 7 heteroatoms. The lowest BCUT2D eigenvalue weighted by Crippen LogP contribution is -2.18. The predicted octanol–water partition coefficient (Wildman–Crippen LogP) is 1.84. The van der Waals surface area contributed by atoms with Gasteiger partial charge in [-0.3, -0.25) is 15.1 Å². The molecule has 0 aromatic carbocycles. The Balaban J connectivity index is 2.23. The van der Waals surface area contributed by atoms with Crippen molar-refractivity contribution in [2.24, 2.45) is 0 Å². The topological polar surface area (TPSA) is 96.5 Å². The SMILES string of the molecule is Cc1ccnc2c1[C@H](O)c1sc([N+](=O)[O-])cc1[C@@H]2O. The summed E-state index contributed by atoms with van der Waals surface area (Å²) in [5.74, 6) is 0. The van der Waals surface area contributed by atoms with Gasteiger partial charge in [0.25, 0.3) is 0 Å². The second-order valence-corrected chi connectivity index (χ2v) is 5.46. The number of thiophene rings is 1. The molecule has 2 N–H and O–H groups in total. The lowest BCUT2D eigenvalue weighted by molar-refractivity contribution is -0.380. The first-order chi connectivity index (χ1) is 9.00. The molecule has 98 valence electrons. The number of nitro groups is 1. The van der Waals surface area contributed by atoms with E-state index in [0.717, 1.165) is 16.9 Å². The average Bonchev–Trinajstić information content (AvgIpc) is 2.81. The summed E-state index contributed by atoms with van der Waals surface area (Å²) in [6.07, 6.45) is -0.449. The first-order valence-electron chi connectivity index (χ1n) is 5.60. The van der Waals surface area contributed by atoms with Gasteiger partial charge in [-0.15, -0.1) is 0 Å². The fraction of sp³-hybridized carbons (Fsp3) is 0.250. The van der Waals surface area contributed by atoms with Crippen molar-refractivity contribution in [3.8, 4) is 0 Å². The van der Waals surface area contributed by atoms with E-state index in [-0.39, 0.29) is 5.00 Å². The van der Waals surface area contributed by atoms with E-state index in [1.165, 1.54) is 6.07 Å². The molecular formula is C12H10N2O4S. The van der Waals surface area contributed by atoms with Gasteiger partial charge in [0, 0.05) is 23.4 Å². The molecule has 2 aromatic heterocycles. The van der Waals surface area contributed by atoms with Crippen molar-refractivity contribution < 1.29 is 15.1 Å². The number of aromatic nitrogens is 1. The molecule has 0 radical (unpaired) electrons. The number of hydrogen-bond acceptors (Lipinski definition) is 6. The summed E-state index contributed by atoms with van der Waals surface area (Å²) in [6.45, 7) is 1.81. The number of aryl methyl sites for hydroxylation is 1. The van der Waals surface area contributed by atoms with E-state index < -0.39 is 17.1 Å². The molecule has 0 bridgehead atoms. The Morgan fingerprint density at radius 3 is 2.84 bits per heavy atom. The smallest absolute Gasteiger partial charge is 0.324 e. The lowest BCUT2D eigenvalue weighted by Gasteiger charge is -2.25. The van der Waals surface area contributed by atoms with Crippen LogP contribution in [0.5, 0.6) is 0 Å². The van der Waals surface area contributed by atoms with Gasteiger partial charge in [0.15, 0.2) is 0 Å². The number of pyridine rings is 1. The van der Waals surface area contributed by atoms with Crippen molar-refractivity contribution in [1.82, 2.24) is 4.98 Å². The Morgan fingerprint density at radius 2 is 2.16 bits per heavy atom. The maximum absolute atomic E-state index is 10.8. The largest absolute Gasteiger partial charge is 0.383 e. The van der Waals surface area contributed by atoms with E-state index in [0.29, 0.717) is 21.7 Å². The first-order valence-corrected chi connectivity index (χ1v) is 6.42. The van der Waals surface area contributed by atoms with Crippen molar-refractivity contribution in [2.45, 2.75) is 19.1 Å². The van der Waals surface area contributed by atoms with Crippen molar-refractivity contribution >= 4 is 16.3 Å². The second kappa shape index (κ2) is 4.09. The van der Waals surface area contributed by atoms with Crippen LogP contribution in [0.4, 0.5) is 5.00 Å². The molecule has 1 aliphatic carbocycles. The van der Waals surface area contributed by atoms with Gasteiger partial charge in [0.2, 0.25) is 0 Å². The van der Waals surface area contributed by atoms with Crippen LogP contribution in [0.25, 0.3) is 0 Å². The Hall–Kier alpha value is -1.83. The molecule has 2 heterocycles. The second-order valence-electron chi connectivity index (χ2n) is 4.39. The van der Waals surface area contributed by atoms with Crippen LogP contribution >= 0.6 is 11.3 Å². The summed E-state index contributed by atoms with van der Waals surface area (Å²) in [7, 11) is 0. The van der Waals surface area contributed by atoms with Gasteiger partial charge in [-0.05, 0) is 18.6 Å². The molecule has 0 amide bonds. The maximum atomic E-state index is 10.8. The summed E-state index contributed by atoms with van der Waals surface area (Å²) < 4.78 is 0. The minimum Gasteiger partial charge on any atom is -0.383 e. The zero-order valence-corrected chi connectivity index (χ0v) is 10.7. The standard InChI is InChI=1S/C12H10N2O4S/c1-5-2-3-13-9-8(5)11(16)12-6(10(9)15)4-7(19-12)14(17)18/h2-4,10-11,15-16H,1H3/t10-,11-/m0/s1. The van der Waals surface area contributed by atoms with Crippen LogP contribution < -0.4 is 0 Å². The normalized spacial score (nSPS) is 20.8. The van der Waals surface area contributed by atoms with E-state index in [2.05, 4.69) is 4.98 Å². The molecule has 0 fully saturated rings. The van der Waals surface area contributed by atoms with Crippen LogP contribution in [0.2, 0.25) is 0 Å². The van der Waals surface area contributed by atoms with E-state index in [1.54, 1.807) is 12.3 Å². The van der Waals surface area contributed by atoms with Crippen LogP contribution in [0.15, 0.2) is 18.3 Å². The van der Waals surface area contributed by atoms with Gasteiger partial charge in [0.05, 0.1) is 15.5 Å². The van der Waals surface area contributed by atoms with E-state index >= 15 is 0 Å². The summed E-state index contributed by atoms with van der Waals surface area (Å²) in [4.78, 5) is 14.8. The van der Waals surface area contributed by atoms with Crippen molar-refractivity contribution in [2.75, 3.05) is 0 Å². The summed E-state index contributed by atoms with van der Waals surface area (Å²) in [5.41, 5.74) is 2.08. The minimum atomic E-state index is -1.03. The van der Waals surface area contributed by atoms with E-state index in [4.69, 9.17) is 0 Å². The Kier molecular flexibility index (Phi) is 2.63. The lowest BCUT2D eigenvalue weighted by atomic mass is 9.88. The molecule has 1 aliphatic rings. The van der Waals surface area contributed by atoms with Gasteiger partial charge in [0.1, 0.15) is 12.2 Å². The van der Waals surface area contributed by atoms with Crippen molar-refractivity contribution in [3.63, 3.8) is 0 Å². The van der Waals surface area contributed by atoms with Gasteiger partial charge in [-0.2, -0.15) is 0 Å². The fourth-order valence-electron chi connectivity index (χ4n) is 2.37. The number of hydrogen-bond donors (Lipinski definition) is 2. The molecule has 0 saturated carbocycles. The minimum absolute atomic E-state index is 0.0893. The highest BCUT2D eigenvalue weighted by atomic mass is 32.1. The Labute approximate surface area is 112 Å². The molecule has 6 nitrogen and oxygen atoms in total. The van der Waals surface area contributed by atoms with Crippen molar-refractivity contribution in [3.05, 3.63) is 55.7 Å². The first kappa shape index (κ1) is 12.2. The van der Waals surface area contributed by atoms with Crippen molar-refractivity contribution in [1.29, 1.82) is 0 Å². The monoisotopic (exact) mass is 278 g/mol. The molecule has 0 aliphatic heterocycles. The highest BCUT2D eigenvalue weighted by Crippen LogP contribution is 2.46. The summed E-state index contributed by atoms with van der Waals surface area (Å²) >= 11 is 0.891. The molecule has 19 heavy (non-hydrogen) atoms. The third-order valence-electron chi connectivity index (χ3n) is 3.27. The summed E-state index contributed by atoms with van der Waals surface area (Å²) in [6, 6.07) is 3.04. The van der Waals surface area contributed by atoms with Gasteiger partial charge in [-0.25, -0.2) is 0 Å². The van der Waals surface area contributed by atoms with Crippen LogP contribution in [-0.2, 0) is 0 Å². The van der Waals surface area contributed by atoms with Gasteiger partial charge in [-0.1, -0.05) is 11.3 Å². The molecule has 0 unspecified atom stereocenters. The van der Waals surface area contributed by atoms with Crippen LogP contribution in [0, 0.1) is 17.0 Å². The Morgan fingerprint density at radius 1 is 1.42 bits per heavy atom. The number of rotatable bonds is 1. The molecule has 0 saturated heterocycles.